The van der Waals surface area contributed by atoms with E-state index in [1.165, 1.54) is 0 Å². The first-order valence-electron chi connectivity index (χ1n) is 6.88. The molecule has 1 aliphatic rings. The van der Waals surface area contributed by atoms with Crippen LogP contribution in [0.2, 0.25) is 10.0 Å². The van der Waals surface area contributed by atoms with E-state index in [-0.39, 0.29) is 6.54 Å². The van der Waals surface area contributed by atoms with Gasteiger partial charge in [-0.15, -0.1) is 0 Å². The molecule has 1 aromatic carbocycles. The third kappa shape index (κ3) is 3.52. The molecule has 0 aliphatic carbocycles. The van der Waals surface area contributed by atoms with Crippen LogP contribution in [0.4, 0.5) is 10.1 Å². The number of pyridine rings is 1. The fraction of sp³-hybridized carbons (Fsp3) is 0.235. The van der Waals surface area contributed by atoms with E-state index in [1.54, 1.807) is 36.5 Å². The predicted molar refractivity (Wildman–Crippen MR) is 88.2 cm³/mol. The van der Waals surface area contributed by atoms with Gasteiger partial charge in [-0.05, 0) is 36.3 Å². The third-order valence-corrected chi connectivity index (χ3v) is 3.95. The van der Waals surface area contributed by atoms with Gasteiger partial charge in [0, 0.05) is 34.9 Å². The molecule has 0 N–H and O–H groups in total. The van der Waals surface area contributed by atoms with Crippen molar-refractivity contribution >= 4 is 28.9 Å². The van der Waals surface area contributed by atoms with E-state index in [0.717, 1.165) is 5.69 Å². The molecule has 0 radical (unpaired) electrons. The van der Waals surface area contributed by atoms with Gasteiger partial charge in [0.1, 0.15) is 5.69 Å². The number of nitrogens with zero attached hydrogens (tertiary/aromatic N) is 2. The Morgan fingerprint density at radius 2 is 1.95 bits per heavy atom. The topological polar surface area (TPSA) is 16.1 Å². The van der Waals surface area contributed by atoms with E-state index in [4.69, 9.17) is 23.2 Å². The molecular formula is C17H13Cl2FN2. The van der Waals surface area contributed by atoms with Crippen molar-refractivity contribution in [3.8, 4) is 11.8 Å². The molecule has 1 aliphatic heterocycles. The van der Waals surface area contributed by atoms with E-state index in [0.29, 0.717) is 28.7 Å². The van der Waals surface area contributed by atoms with Crippen LogP contribution in [0.15, 0.2) is 42.6 Å². The van der Waals surface area contributed by atoms with Crippen molar-refractivity contribution in [2.75, 3.05) is 18.0 Å². The first-order chi connectivity index (χ1) is 10.5. The Labute approximate surface area is 138 Å². The fourth-order valence-electron chi connectivity index (χ4n) is 2.43. The van der Waals surface area contributed by atoms with Crippen LogP contribution >= 0.6 is 23.2 Å². The SMILES string of the molecule is FC1(C#Cc2ccccn2)CCN(c2cc(Cl)cc(Cl)c2)C1. The van der Waals surface area contributed by atoms with E-state index < -0.39 is 5.67 Å². The summed E-state index contributed by atoms with van der Waals surface area (Å²) in [6, 6.07) is 10.6. The monoisotopic (exact) mass is 334 g/mol. The Bertz CT molecular complexity index is 719. The van der Waals surface area contributed by atoms with Gasteiger partial charge in [-0.2, -0.15) is 0 Å². The van der Waals surface area contributed by atoms with E-state index in [1.807, 2.05) is 11.0 Å². The zero-order valence-corrected chi connectivity index (χ0v) is 13.2. The number of hydrogen-bond donors (Lipinski definition) is 0. The maximum absolute atomic E-state index is 14.8. The van der Waals surface area contributed by atoms with Crippen molar-refractivity contribution in [2.45, 2.75) is 12.1 Å². The number of anilines is 1. The number of alkyl halides is 1. The highest BCUT2D eigenvalue weighted by Gasteiger charge is 2.37. The molecular weight excluding hydrogens is 322 g/mol. The summed E-state index contributed by atoms with van der Waals surface area (Å²) in [5, 5.41) is 1.08. The molecule has 0 saturated carbocycles. The lowest BCUT2D eigenvalue weighted by Crippen LogP contribution is -2.27. The Hall–Kier alpha value is -1.76. The summed E-state index contributed by atoms with van der Waals surface area (Å²) >= 11 is 12.0. The second-order valence-corrected chi connectivity index (χ2v) is 6.10. The van der Waals surface area contributed by atoms with Gasteiger partial charge in [-0.3, -0.25) is 0 Å². The van der Waals surface area contributed by atoms with Gasteiger partial charge < -0.3 is 4.90 Å². The molecule has 1 atom stereocenters. The lowest BCUT2D eigenvalue weighted by atomic mass is 10.1. The van der Waals surface area contributed by atoms with Crippen LogP contribution in [0.5, 0.6) is 0 Å². The van der Waals surface area contributed by atoms with Crippen molar-refractivity contribution in [1.29, 1.82) is 0 Å². The van der Waals surface area contributed by atoms with Crippen LogP contribution < -0.4 is 4.90 Å². The number of aromatic nitrogens is 1. The minimum absolute atomic E-state index is 0.198. The summed E-state index contributed by atoms with van der Waals surface area (Å²) in [5.74, 6) is 5.52. The van der Waals surface area contributed by atoms with Crippen molar-refractivity contribution in [1.82, 2.24) is 4.98 Å². The van der Waals surface area contributed by atoms with Crippen LogP contribution in [-0.4, -0.2) is 23.7 Å². The standard InChI is InChI=1S/C17H13Cl2FN2/c18-13-9-14(19)11-16(10-13)22-8-6-17(20,12-22)5-4-15-3-1-2-7-21-15/h1-3,7,9-11H,6,8,12H2. The minimum atomic E-state index is -1.55. The first-order valence-corrected chi connectivity index (χ1v) is 7.64. The zero-order chi connectivity index (χ0) is 15.6. The van der Waals surface area contributed by atoms with Gasteiger partial charge in [0.2, 0.25) is 0 Å². The molecule has 1 saturated heterocycles. The van der Waals surface area contributed by atoms with Gasteiger partial charge >= 0.3 is 0 Å². The number of rotatable bonds is 1. The fourth-order valence-corrected chi connectivity index (χ4v) is 2.94. The molecule has 1 fully saturated rings. The molecule has 0 spiro atoms. The van der Waals surface area contributed by atoms with E-state index >= 15 is 0 Å². The molecule has 5 heteroatoms. The van der Waals surface area contributed by atoms with Crippen molar-refractivity contribution in [3.05, 3.63) is 58.3 Å². The van der Waals surface area contributed by atoms with Crippen LogP contribution in [0.1, 0.15) is 12.1 Å². The molecule has 2 nitrogen and oxygen atoms in total. The van der Waals surface area contributed by atoms with Crippen molar-refractivity contribution in [3.63, 3.8) is 0 Å². The molecule has 1 unspecified atom stereocenters. The normalized spacial score (nSPS) is 20.6. The average Bonchev–Trinajstić information content (AvgIpc) is 2.89. The molecule has 112 valence electrons. The minimum Gasteiger partial charge on any atom is -0.367 e. The van der Waals surface area contributed by atoms with Gasteiger partial charge in [-0.1, -0.05) is 35.2 Å². The summed E-state index contributed by atoms with van der Waals surface area (Å²) in [5.41, 5.74) is -0.160. The number of hydrogen-bond acceptors (Lipinski definition) is 2. The van der Waals surface area contributed by atoms with Crippen LogP contribution in [-0.2, 0) is 0 Å². The maximum Gasteiger partial charge on any atom is 0.190 e. The van der Waals surface area contributed by atoms with Gasteiger partial charge in [-0.25, -0.2) is 9.37 Å². The lowest BCUT2D eigenvalue weighted by Gasteiger charge is -2.19. The maximum atomic E-state index is 14.8. The second-order valence-electron chi connectivity index (χ2n) is 5.23. The largest absolute Gasteiger partial charge is 0.367 e. The summed E-state index contributed by atoms with van der Waals surface area (Å²) in [7, 11) is 0. The third-order valence-electron chi connectivity index (χ3n) is 3.51. The first kappa shape index (κ1) is 15.1. The Kier molecular flexibility index (Phi) is 4.24. The van der Waals surface area contributed by atoms with Crippen molar-refractivity contribution in [2.24, 2.45) is 0 Å². The molecule has 2 heterocycles. The second kappa shape index (κ2) is 6.16. The molecule has 3 rings (SSSR count). The number of halogens is 3. The molecule has 0 bridgehead atoms. The highest BCUT2D eigenvalue weighted by molar-refractivity contribution is 6.35. The Morgan fingerprint density at radius 3 is 2.64 bits per heavy atom. The van der Waals surface area contributed by atoms with Gasteiger partial charge in [0.05, 0.1) is 6.54 Å². The number of benzene rings is 1. The molecule has 2 aromatic rings. The predicted octanol–water partition coefficient (Wildman–Crippen LogP) is 4.36. The smallest absolute Gasteiger partial charge is 0.190 e. The summed E-state index contributed by atoms with van der Waals surface area (Å²) in [6.45, 7) is 0.771. The average molecular weight is 335 g/mol. The van der Waals surface area contributed by atoms with Gasteiger partial charge in [0.15, 0.2) is 5.67 Å². The van der Waals surface area contributed by atoms with E-state index in [2.05, 4.69) is 16.8 Å². The van der Waals surface area contributed by atoms with E-state index in [9.17, 15) is 4.39 Å². The summed E-state index contributed by atoms with van der Waals surface area (Å²) < 4.78 is 14.8. The molecule has 1 aromatic heterocycles. The highest BCUT2D eigenvalue weighted by atomic mass is 35.5. The zero-order valence-electron chi connectivity index (χ0n) is 11.7. The summed E-state index contributed by atoms with van der Waals surface area (Å²) in [4.78, 5) is 5.99. The van der Waals surface area contributed by atoms with Crippen LogP contribution in [0.3, 0.4) is 0 Å². The Morgan fingerprint density at radius 1 is 1.18 bits per heavy atom. The molecule has 0 amide bonds. The Balaban J connectivity index is 1.78. The van der Waals surface area contributed by atoms with Crippen LogP contribution in [0.25, 0.3) is 0 Å². The van der Waals surface area contributed by atoms with Gasteiger partial charge in [0.25, 0.3) is 0 Å². The van der Waals surface area contributed by atoms with Crippen LogP contribution in [0, 0.1) is 11.8 Å². The van der Waals surface area contributed by atoms with Crippen molar-refractivity contribution < 1.29 is 4.39 Å². The highest BCUT2D eigenvalue weighted by Crippen LogP contribution is 2.32. The molecule has 22 heavy (non-hydrogen) atoms. The summed E-state index contributed by atoms with van der Waals surface area (Å²) in [6.07, 6.45) is 1.99. The quantitative estimate of drug-likeness (QED) is 0.720. The lowest BCUT2D eigenvalue weighted by molar-refractivity contribution is 0.274.